The van der Waals surface area contributed by atoms with E-state index in [1.54, 1.807) is 6.07 Å². The molecule has 4 heteroatoms. The zero-order valence-electron chi connectivity index (χ0n) is 10.6. The Morgan fingerprint density at radius 3 is 2.65 bits per heavy atom. The van der Waals surface area contributed by atoms with E-state index in [1.807, 2.05) is 30.3 Å². The van der Waals surface area contributed by atoms with Crippen molar-refractivity contribution < 1.29 is 4.39 Å². The normalized spacial score (nSPS) is 10.9. The first-order chi connectivity index (χ1) is 9.69. The van der Waals surface area contributed by atoms with Crippen LogP contribution in [0.2, 0.25) is 5.02 Å². The lowest BCUT2D eigenvalue weighted by Crippen LogP contribution is -2.03. The first kappa shape index (κ1) is 13.0. The van der Waals surface area contributed by atoms with Gasteiger partial charge in [-0.25, -0.2) is 4.39 Å². The largest absolute Gasteiger partial charge is 0.325 e. The first-order valence-corrected chi connectivity index (χ1v) is 6.61. The van der Waals surface area contributed by atoms with Gasteiger partial charge in [-0.3, -0.25) is 4.98 Å². The molecule has 0 spiro atoms. The van der Waals surface area contributed by atoms with Crippen molar-refractivity contribution in [3.8, 4) is 11.1 Å². The van der Waals surface area contributed by atoms with E-state index in [0.29, 0.717) is 5.02 Å². The molecule has 1 heterocycles. The highest BCUT2D eigenvalue weighted by Gasteiger charge is 2.10. The summed E-state index contributed by atoms with van der Waals surface area (Å²) in [5, 5.41) is 1.46. The van der Waals surface area contributed by atoms with Crippen molar-refractivity contribution in [2.75, 3.05) is 0 Å². The maximum absolute atomic E-state index is 13.4. The number of pyridine rings is 1. The summed E-state index contributed by atoms with van der Waals surface area (Å²) in [6.07, 6.45) is 0. The minimum absolute atomic E-state index is 0.286. The van der Waals surface area contributed by atoms with Crippen LogP contribution >= 0.6 is 11.6 Å². The molecule has 0 saturated heterocycles. The molecule has 2 N–H and O–H groups in total. The summed E-state index contributed by atoms with van der Waals surface area (Å²) < 4.78 is 13.4. The Morgan fingerprint density at radius 1 is 1.10 bits per heavy atom. The highest BCUT2D eigenvalue weighted by molar-refractivity contribution is 6.35. The fourth-order valence-corrected chi connectivity index (χ4v) is 2.48. The predicted molar refractivity (Wildman–Crippen MR) is 80.0 cm³/mol. The summed E-state index contributed by atoms with van der Waals surface area (Å²) in [5.74, 6) is -0.287. The lowest BCUT2D eigenvalue weighted by atomic mass is 10.0. The van der Waals surface area contributed by atoms with Gasteiger partial charge in [0.25, 0.3) is 0 Å². The number of halogens is 2. The average molecular weight is 287 g/mol. The third-order valence-electron chi connectivity index (χ3n) is 3.21. The van der Waals surface area contributed by atoms with Gasteiger partial charge in [-0.15, -0.1) is 0 Å². The Balaban J connectivity index is 2.31. The molecule has 0 aliphatic heterocycles. The van der Waals surface area contributed by atoms with Crippen LogP contribution in [0.4, 0.5) is 4.39 Å². The van der Waals surface area contributed by atoms with Crippen molar-refractivity contribution in [3.05, 3.63) is 65.1 Å². The molecule has 0 fully saturated rings. The van der Waals surface area contributed by atoms with E-state index < -0.39 is 0 Å². The molecule has 2 aromatic carbocycles. The molecular formula is C16H12ClFN2. The molecule has 0 bridgehead atoms. The van der Waals surface area contributed by atoms with Gasteiger partial charge < -0.3 is 5.73 Å². The van der Waals surface area contributed by atoms with Crippen LogP contribution < -0.4 is 5.73 Å². The number of aromatic nitrogens is 1. The van der Waals surface area contributed by atoms with Crippen molar-refractivity contribution in [2.45, 2.75) is 6.54 Å². The standard InChI is InChI=1S/C16H12ClFN2/c17-14-5-2-6-15-13(14)8-12(16(9-19)20-15)10-3-1-4-11(18)7-10/h1-8H,9,19H2. The summed E-state index contributed by atoms with van der Waals surface area (Å²) >= 11 is 6.20. The highest BCUT2D eigenvalue weighted by Crippen LogP contribution is 2.30. The smallest absolute Gasteiger partial charge is 0.123 e. The monoisotopic (exact) mass is 286 g/mol. The highest BCUT2D eigenvalue weighted by atomic mass is 35.5. The second-order valence-electron chi connectivity index (χ2n) is 4.50. The Bertz CT molecular complexity index is 787. The molecule has 0 aliphatic carbocycles. The fraction of sp³-hybridized carbons (Fsp3) is 0.0625. The van der Waals surface area contributed by atoms with Gasteiger partial charge in [0.05, 0.1) is 11.2 Å². The second-order valence-corrected chi connectivity index (χ2v) is 4.91. The Labute approximate surface area is 121 Å². The molecule has 0 radical (unpaired) electrons. The maximum Gasteiger partial charge on any atom is 0.123 e. The van der Waals surface area contributed by atoms with Crippen LogP contribution in [0, 0.1) is 5.82 Å². The molecule has 0 amide bonds. The minimum Gasteiger partial charge on any atom is -0.325 e. The first-order valence-electron chi connectivity index (χ1n) is 6.23. The molecule has 0 saturated carbocycles. The zero-order valence-corrected chi connectivity index (χ0v) is 11.4. The molecule has 20 heavy (non-hydrogen) atoms. The van der Waals surface area contributed by atoms with Gasteiger partial charge in [-0.05, 0) is 35.9 Å². The van der Waals surface area contributed by atoms with E-state index in [1.165, 1.54) is 12.1 Å². The van der Waals surface area contributed by atoms with Gasteiger partial charge in [-0.1, -0.05) is 29.8 Å². The third-order valence-corrected chi connectivity index (χ3v) is 3.54. The van der Waals surface area contributed by atoms with E-state index in [-0.39, 0.29) is 12.4 Å². The molecule has 2 nitrogen and oxygen atoms in total. The number of hydrogen-bond acceptors (Lipinski definition) is 2. The summed E-state index contributed by atoms with van der Waals surface area (Å²) in [4.78, 5) is 4.53. The summed E-state index contributed by atoms with van der Waals surface area (Å²) in [7, 11) is 0. The number of nitrogens with zero attached hydrogens (tertiary/aromatic N) is 1. The van der Waals surface area contributed by atoms with Crippen LogP contribution in [0.15, 0.2) is 48.5 Å². The van der Waals surface area contributed by atoms with Crippen molar-refractivity contribution in [1.29, 1.82) is 0 Å². The molecule has 1 aromatic heterocycles. The van der Waals surface area contributed by atoms with Gasteiger partial charge in [-0.2, -0.15) is 0 Å². The fourth-order valence-electron chi connectivity index (χ4n) is 2.26. The quantitative estimate of drug-likeness (QED) is 0.768. The Kier molecular flexibility index (Phi) is 3.38. The van der Waals surface area contributed by atoms with Gasteiger partial charge in [0.1, 0.15) is 5.82 Å². The van der Waals surface area contributed by atoms with Gasteiger partial charge in [0, 0.05) is 22.5 Å². The van der Waals surface area contributed by atoms with Crippen LogP contribution in [-0.4, -0.2) is 4.98 Å². The summed E-state index contributed by atoms with van der Waals surface area (Å²) in [6, 6.07) is 13.8. The topological polar surface area (TPSA) is 38.9 Å². The zero-order chi connectivity index (χ0) is 14.1. The predicted octanol–water partition coefficient (Wildman–Crippen LogP) is 4.15. The van der Waals surface area contributed by atoms with Crippen molar-refractivity contribution in [1.82, 2.24) is 4.98 Å². The van der Waals surface area contributed by atoms with Gasteiger partial charge in [0.2, 0.25) is 0 Å². The van der Waals surface area contributed by atoms with Crippen LogP contribution in [-0.2, 0) is 6.54 Å². The second kappa shape index (κ2) is 5.19. The molecular weight excluding hydrogens is 275 g/mol. The number of nitrogens with two attached hydrogens (primary N) is 1. The summed E-state index contributed by atoms with van der Waals surface area (Å²) in [6.45, 7) is 0.286. The van der Waals surface area contributed by atoms with E-state index in [0.717, 1.165) is 27.7 Å². The van der Waals surface area contributed by atoms with E-state index in [4.69, 9.17) is 17.3 Å². The average Bonchev–Trinajstić information content (AvgIpc) is 2.46. The van der Waals surface area contributed by atoms with Crippen molar-refractivity contribution in [3.63, 3.8) is 0 Å². The summed E-state index contributed by atoms with van der Waals surface area (Å²) in [5.41, 5.74) is 8.85. The number of fused-ring (bicyclic) bond motifs is 1. The molecule has 100 valence electrons. The van der Waals surface area contributed by atoms with Crippen molar-refractivity contribution >= 4 is 22.5 Å². The SMILES string of the molecule is NCc1nc2cccc(Cl)c2cc1-c1cccc(F)c1. The molecule has 0 unspecified atom stereocenters. The van der Waals surface area contributed by atoms with Crippen LogP contribution in [0.25, 0.3) is 22.0 Å². The Morgan fingerprint density at radius 2 is 1.90 bits per heavy atom. The molecule has 0 aliphatic rings. The van der Waals surface area contributed by atoms with Crippen LogP contribution in [0.3, 0.4) is 0 Å². The minimum atomic E-state index is -0.287. The Hall–Kier alpha value is -1.97. The molecule has 0 atom stereocenters. The van der Waals surface area contributed by atoms with Crippen LogP contribution in [0.5, 0.6) is 0 Å². The van der Waals surface area contributed by atoms with Crippen LogP contribution in [0.1, 0.15) is 5.69 Å². The lowest BCUT2D eigenvalue weighted by Gasteiger charge is -2.10. The molecule has 3 rings (SSSR count). The maximum atomic E-state index is 13.4. The lowest BCUT2D eigenvalue weighted by molar-refractivity contribution is 0.628. The van der Waals surface area contributed by atoms with E-state index >= 15 is 0 Å². The number of hydrogen-bond donors (Lipinski definition) is 1. The number of benzene rings is 2. The van der Waals surface area contributed by atoms with Gasteiger partial charge >= 0.3 is 0 Å². The van der Waals surface area contributed by atoms with Crippen molar-refractivity contribution in [2.24, 2.45) is 5.73 Å². The van der Waals surface area contributed by atoms with E-state index in [9.17, 15) is 4.39 Å². The van der Waals surface area contributed by atoms with E-state index in [2.05, 4.69) is 4.98 Å². The third kappa shape index (κ3) is 2.26. The molecule has 3 aromatic rings. The number of rotatable bonds is 2. The van der Waals surface area contributed by atoms with Gasteiger partial charge in [0.15, 0.2) is 0 Å².